The zero-order valence-electron chi connectivity index (χ0n) is 29.7. The number of carbonyl (C=O) groups is 2. The molecule has 0 saturated heterocycles. The van der Waals surface area contributed by atoms with Crippen LogP contribution in [0.25, 0.3) is 0 Å². The Labute approximate surface area is 269 Å². The summed E-state index contributed by atoms with van der Waals surface area (Å²) in [5.41, 5.74) is 0. The number of rotatable bonds is 33. The second kappa shape index (κ2) is 32.3. The molecule has 0 aliphatic carbocycles. The molecule has 0 saturated carbocycles. The maximum atomic E-state index is 12.5. The van der Waals surface area contributed by atoms with E-state index < -0.39 is 0 Å². The van der Waals surface area contributed by atoms with Crippen LogP contribution in [0.1, 0.15) is 194 Å². The Morgan fingerprint density at radius 3 is 1.51 bits per heavy atom. The molecule has 0 radical (unpaired) electrons. The molecule has 43 heavy (non-hydrogen) atoms. The maximum Gasteiger partial charge on any atom is 0.306 e. The van der Waals surface area contributed by atoms with Crippen LogP contribution in [0.3, 0.4) is 0 Å². The van der Waals surface area contributed by atoms with E-state index in [9.17, 15) is 9.59 Å². The lowest BCUT2D eigenvalue weighted by Gasteiger charge is -2.18. The van der Waals surface area contributed by atoms with E-state index in [-0.39, 0.29) is 18.0 Å². The van der Waals surface area contributed by atoms with Crippen molar-refractivity contribution in [1.29, 1.82) is 0 Å². The van der Waals surface area contributed by atoms with E-state index >= 15 is 0 Å². The van der Waals surface area contributed by atoms with Gasteiger partial charge in [-0.25, -0.2) is 0 Å². The molecule has 0 bridgehead atoms. The van der Waals surface area contributed by atoms with E-state index in [1.165, 1.54) is 109 Å². The van der Waals surface area contributed by atoms with Crippen LogP contribution >= 0.6 is 0 Å². The zero-order valence-corrected chi connectivity index (χ0v) is 29.7. The molecule has 0 amide bonds. The highest BCUT2D eigenvalue weighted by Gasteiger charge is 2.15. The van der Waals surface area contributed by atoms with Crippen LogP contribution in [0, 0.1) is 5.92 Å². The lowest BCUT2D eigenvalue weighted by molar-refractivity contribution is -0.150. The van der Waals surface area contributed by atoms with Gasteiger partial charge in [0.15, 0.2) is 0 Å². The van der Waals surface area contributed by atoms with E-state index in [4.69, 9.17) is 9.47 Å². The largest absolute Gasteiger partial charge is 0.465 e. The first-order valence-corrected chi connectivity index (χ1v) is 18.9. The molecule has 0 spiro atoms. The van der Waals surface area contributed by atoms with Gasteiger partial charge in [-0.05, 0) is 77.9 Å². The van der Waals surface area contributed by atoms with Crippen LogP contribution in [0.2, 0.25) is 0 Å². The van der Waals surface area contributed by atoms with Crippen molar-refractivity contribution in [3.63, 3.8) is 0 Å². The molecule has 5 heteroatoms. The molecule has 0 unspecified atom stereocenters. The van der Waals surface area contributed by atoms with Crippen molar-refractivity contribution in [2.75, 3.05) is 27.2 Å². The van der Waals surface area contributed by atoms with Gasteiger partial charge in [-0.15, -0.1) is 0 Å². The SMILES string of the molecule is CCCCCCCCCC[C@@H](CCCCCCCCC(=O)OC[C@@H](CCCC)CCCCCC)OC(=O)CCCN(C)C. The van der Waals surface area contributed by atoms with Crippen LogP contribution in [0.15, 0.2) is 0 Å². The first-order valence-electron chi connectivity index (χ1n) is 18.9. The fourth-order valence-electron chi connectivity index (χ4n) is 5.85. The summed E-state index contributed by atoms with van der Waals surface area (Å²) >= 11 is 0. The van der Waals surface area contributed by atoms with Gasteiger partial charge in [-0.1, -0.05) is 130 Å². The van der Waals surface area contributed by atoms with Crippen LogP contribution in [-0.4, -0.2) is 50.2 Å². The number of hydrogen-bond donors (Lipinski definition) is 0. The number of hydrogen-bond acceptors (Lipinski definition) is 5. The molecular formula is C38H75NO4. The molecule has 256 valence electrons. The first kappa shape index (κ1) is 41.9. The number of carbonyl (C=O) groups excluding carboxylic acids is 2. The molecule has 0 aliphatic heterocycles. The summed E-state index contributed by atoms with van der Waals surface area (Å²) < 4.78 is 11.6. The second-order valence-electron chi connectivity index (χ2n) is 13.5. The van der Waals surface area contributed by atoms with Crippen LogP contribution < -0.4 is 0 Å². The number of esters is 2. The van der Waals surface area contributed by atoms with Gasteiger partial charge in [0.05, 0.1) is 6.61 Å². The van der Waals surface area contributed by atoms with Crippen molar-refractivity contribution in [3.8, 4) is 0 Å². The van der Waals surface area contributed by atoms with Gasteiger partial charge >= 0.3 is 11.9 Å². The summed E-state index contributed by atoms with van der Waals surface area (Å²) in [5.74, 6) is 0.509. The Balaban J connectivity index is 4.14. The molecule has 0 aliphatic rings. The fourth-order valence-corrected chi connectivity index (χ4v) is 5.85. The lowest BCUT2D eigenvalue weighted by atomic mass is 9.96. The highest BCUT2D eigenvalue weighted by molar-refractivity contribution is 5.69. The van der Waals surface area contributed by atoms with Gasteiger partial charge < -0.3 is 14.4 Å². The van der Waals surface area contributed by atoms with E-state index in [1.54, 1.807) is 0 Å². The van der Waals surface area contributed by atoms with E-state index in [0.29, 0.717) is 25.4 Å². The van der Waals surface area contributed by atoms with Crippen molar-refractivity contribution < 1.29 is 19.1 Å². The Kier molecular flexibility index (Phi) is 31.5. The third-order valence-corrected chi connectivity index (χ3v) is 8.73. The van der Waals surface area contributed by atoms with Gasteiger partial charge in [-0.2, -0.15) is 0 Å². The summed E-state index contributed by atoms with van der Waals surface area (Å²) in [6.45, 7) is 8.29. The molecule has 0 aromatic heterocycles. The standard InChI is InChI=1S/C38H75NO4/c1-6-9-12-14-15-16-19-23-29-36(43-38(41)32-26-33-39(4)5)30-24-20-17-18-21-25-31-37(40)42-34-35(27-11-8-3)28-22-13-10-7-2/h35-36H,6-34H2,1-5H3/t35-,36-/m0/s1. The Hall–Kier alpha value is -1.10. The summed E-state index contributed by atoms with van der Waals surface area (Å²) in [6, 6.07) is 0. The summed E-state index contributed by atoms with van der Waals surface area (Å²) in [4.78, 5) is 26.9. The fraction of sp³-hybridized carbons (Fsp3) is 0.947. The molecule has 0 fully saturated rings. The Bertz CT molecular complexity index is 609. The summed E-state index contributed by atoms with van der Waals surface area (Å²) in [6.07, 6.45) is 31.1. The van der Waals surface area contributed by atoms with E-state index in [2.05, 4.69) is 25.7 Å². The van der Waals surface area contributed by atoms with Gasteiger partial charge in [0.1, 0.15) is 6.10 Å². The minimum atomic E-state index is -0.0218. The minimum absolute atomic E-state index is 0.00810. The van der Waals surface area contributed by atoms with Crippen molar-refractivity contribution in [3.05, 3.63) is 0 Å². The molecule has 0 rings (SSSR count). The van der Waals surface area contributed by atoms with Gasteiger partial charge in [0.2, 0.25) is 0 Å². The highest BCUT2D eigenvalue weighted by atomic mass is 16.5. The maximum absolute atomic E-state index is 12.5. The average Bonchev–Trinajstić information content (AvgIpc) is 2.98. The average molecular weight is 610 g/mol. The number of unbranched alkanes of at least 4 members (excludes halogenated alkanes) is 16. The van der Waals surface area contributed by atoms with E-state index in [1.807, 2.05) is 14.1 Å². The first-order chi connectivity index (χ1) is 20.9. The lowest BCUT2D eigenvalue weighted by Crippen LogP contribution is -2.20. The summed E-state index contributed by atoms with van der Waals surface area (Å²) in [5, 5.41) is 0. The monoisotopic (exact) mass is 610 g/mol. The van der Waals surface area contributed by atoms with Crippen molar-refractivity contribution in [2.45, 2.75) is 200 Å². The third kappa shape index (κ3) is 30.7. The van der Waals surface area contributed by atoms with Crippen LogP contribution in [0.5, 0.6) is 0 Å². The molecule has 0 heterocycles. The second-order valence-corrected chi connectivity index (χ2v) is 13.5. The van der Waals surface area contributed by atoms with Gasteiger partial charge in [-0.3, -0.25) is 9.59 Å². The zero-order chi connectivity index (χ0) is 31.8. The third-order valence-electron chi connectivity index (χ3n) is 8.73. The molecule has 0 aromatic carbocycles. The molecule has 5 nitrogen and oxygen atoms in total. The van der Waals surface area contributed by atoms with Gasteiger partial charge in [0.25, 0.3) is 0 Å². The topological polar surface area (TPSA) is 55.8 Å². The molecule has 0 N–H and O–H groups in total. The van der Waals surface area contributed by atoms with E-state index in [0.717, 1.165) is 57.9 Å². The molecule has 0 aromatic rings. The Morgan fingerprint density at radius 2 is 0.953 bits per heavy atom. The molecular weight excluding hydrogens is 534 g/mol. The van der Waals surface area contributed by atoms with Crippen LogP contribution in [0.4, 0.5) is 0 Å². The number of nitrogens with zero attached hydrogens (tertiary/aromatic N) is 1. The number of ether oxygens (including phenoxy) is 2. The van der Waals surface area contributed by atoms with Crippen molar-refractivity contribution in [1.82, 2.24) is 4.90 Å². The quantitative estimate of drug-likeness (QED) is 0.0547. The Morgan fingerprint density at radius 1 is 0.512 bits per heavy atom. The van der Waals surface area contributed by atoms with Gasteiger partial charge in [0, 0.05) is 12.8 Å². The highest BCUT2D eigenvalue weighted by Crippen LogP contribution is 2.20. The van der Waals surface area contributed by atoms with Crippen LogP contribution in [-0.2, 0) is 19.1 Å². The molecule has 2 atom stereocenters. The van der Waals surface area contributed by atoms with Crippen molar-refractivity contribution >= 4 is 11.9 Å². The predicted octanol–water partition coefficient (Wildman–Crippen LogP) is 11.2. The normalized spacial score (nSPS) is 12.9. The minimum Gasteiger partial charge on any atom is -0.465 e. The summed E-state index contributed by atoms with van der Waals surface area (Å²) in [7, 11) is 4.09. The van der Waals surface area contributed by atoms with Crippen molar-refractivity contribution in [2.24, 2.45) is 5.92 Å². The smallest absolute Gasteiger partial charge is 0.306 e. The predicted molar refractivity (Wildman–Crippen MR) is 185 cm³/mol.